The van der Waals surface area contributed by atoms with E-state index in [1.165, 1.54) is 6.07 Å². The van der Waals surface area contributed by atoms with Gasteiger partial charge in [-0.1, -0.05) is 37.0 Å². The van der Waals surface area contributed by atoms with Crippen LogP contribution in [0.25, 0.3) is 0 Å². The predicted octanol–water partition coefficient (Wildman–Crippen LogP) is 4.02. The lowest BCUT2D eigenvalue weighted by Crippen LogP contribution is -2.17. The quantitative estimate of drug-likeness (QED) is 0.461. The zero-order valence-electron chi connectivity index (χ0n) is 14.2. The lowest BCUT2D eigenvalue weighted by Gasteiger charge is -2.11. The first-order chi connectivity index (χ1) is 11.1. The fourth-order valence-corrected chi connectivity index (χ4v) is 3.43. The van der Waals surface area contributed by atoms with Crippen molar-refractivity contribution in [2.24, 2.45) is 0 Å². The maximum absolute atomic E-state index is 11.4. The molecule has 0 saturated heterocycles. The number of rotatable bonds is 7. The van der Waals surface area contributed by atoms with Crippen LogP contribution in [0.15, 0.2) is 60.1 Å². The fraction of sp³-hybridized carbons (Fsp3) is 0.316. The lowest BCUT2D eigenvalue weighted by atomic mass is 9.87. The topological polar surface area (TPSA) is 57.4 Å². The molecular formula is C19H24NO3S+. The number of fused-ring (bicyclic) bond motifs is 1. The molecule has 4 nitrogen and oxygen atoms in total. The van der Waals surface area contributed by atoms with Gasteiger partial charge in [-0.15, -0.1) is 0 Å². The van der Waals surface area contributed by atoms with Crippen LogP contribution in [0.5, 0.6) is 0 Å². The molecule has 0 amide bonds. The van der Waals surface area contributed by atoms with Crippen molar-refractivity contribution < 1.29 is 17.5 Å². The summed E-state index contributed by atoms with van der Waals surface area (Å²) in [7, 11) is -4.19. The summed E-state index contributed by atoms with van der Waals surface area (Å²) in [4.78, 5) is -0.0625. The molecule has 0 saturated carbocycles. The van der Waals surface area contributed by atoms with Crippen LogP contribution in [0.3, 0.4) is 0 Å². The second-order valence-corrected chi connectivity index (χ2v) is 7.98. The molecule has 1 N–H and O–H groups in total. The maximum atomic E-state index is 11.4. The average molecular weight is 346 g/mol. The molecule has 0 aromatic heterocycles. The smallest absolute Gasteiger partial charge is 0.282 e. The summed E-state index contributed by atoms with van der Waals surface area (Å²) >= 11 is 0. The Morgan fingerprint density at radius 1 is 1.38 bits per heavy atom. The van der Waals surface area contributed by atoms with E-state index < -0.39 is 10.1 Å². The second kappa shape index (κ2) is 6.87. The monoisotopic (exact) mass is 346 g/mol. The first-order valence-electron chi connectivity index (χ1n) is 7.87. The van der Waals surface area contributed by atoms with Crippen molar-refractivity contribution in [3.63, 3.8) is 0 Å². The molecule has 2 rings (SSSR count). The van der Waals surface area contributed by atoms with Gasteiger partial charge in [0.2, 0.25) is 5.69 Å². The van der Waals surface area contributed by atoms with Gasteiger partial charge in [0.1, 0.15) is 6.54 Å². The van der Waals surface area contributed by atoms with E-state index in [1.807, 2.05) is 26.0 Å². The zero-order chi connectivity index (χ0) is 18.0. The number of benzene rings is 1. The molecule has 0 unspecified atom stereocenters. The molecule has 0 fully saturated rings. The van der Waals surface area contributed by atoms with Gasteiger partial charge in [-0.2, -0.15) is 8.42 Å². The molecule has 24 heavy (non-hydrogen) atoms. The summed E-state index contributed by atoms with van der Waals surface area (Å²) < 4.78 is 34.1. The van der Waals surface area contributed by atoms with Gasteiger partial charge in [0.25, 0.3) is 10.1 Å². The van der Waals surface area contributed by atoms with Crippen LogP contribution in [0.1, 0.15) is 32.3 Å². The van der Waals surface area contributed by atoms with E-state index in [4.69, 9.17) is 0 Å². The van der Waals surface area contributed by atoms with Crippen molar-refractivity contribution in [1.82, 2.24) is 0 Å². The van der Waals surface area contributed by atoms with E-state index in [1.54, 1.807) is 18.2 Å². The average Bonchev–Trinajstić information content (AvgIpc) is 2.75. The third-order valence-electron chi connectivity index (χ3n) is 4.11. The van der Waals surface area contributed by atoms with Gasteiger partial charge in [0.05, 0.1) is 10.3 Å². The summed E-state index contributed by atoms with van der Waals surface area (Å²) in [6, 6.07) is 4.77. The van der Waals surface area contributed by atoms with Crippen molar-refractivity contribution in [3.05, 3.63) is 60.7 Å². The molecule has 0 radical (unpaired) electrons. The Morgan fingerprint density at radius 3 is 2.71 bits per heavy atom. The number of hydrogen-bond acceptors (Lipinski definition) is 2. The Kier molecular flexibility index (Phi) is 5.26. The van der Waals surface area contributed by atoms with Gasteiger partial charge in [0.15, 0.2) is 6.21 Å². The lowest BCUT2D eigenvalue weighted by molar-refractivity contribution is -0.434. The molecule has 0 spiro atoms. The van der Waals surface area contributed by atoms with Gasteiger partial charge in [-0.05, 0) is 32.4 Å². The van der Waals surface area contributed by atoms with E-state index in [0.29, 0.717) is 0 Å². The first kappa shape index (κ1) is 18.4. The van der Waals surface area contributed by atoms with Crippen molar-refractivity contribution in [3.8, 4) is 0 Å². The zero-order valence-corrected chi connectivity index (χ0v) is 15.0. The van der Waals surface area contributed by atoms with E-state index >= 15 is 0 Å². The Bertz CT molecular complexity index is 830. The Hall–Kier alpha value is -1.98. The normalized spacial score (nSPS) is 16.0. The second-order valence-electron chi connectivity index (χ2n) is 6.55. The van der Waals surface area contributed by atoms with E-state index in [-0.39, 0.29) is 10.3 Å². The van der Waals surface area contributed by atoms with Crippen LogP contribution < -0.4 is 0 Å². The molecule has 1 aromatic carbocycles. The minimum Gasteiger partial charge on any atom is -0.282 e. The van der Waals surface area contributed by atoms with Crippen molar-refractivity contribution in [2.75, 3.05) is 6.54 Å². The minimum absolute atomic E-state index is 0.0625. The molecule has 0 atom stereocenters. The molecule has 0 aliphatic carbocycles. The molecule has 1 aromatic rings. The van der Waals surface area contributed by atoms with Crippen LogP contribution in [-0.2, 0) is 15.5 Å². The highest BCUT2D eigenvalue weighted by Crippen LogP contribution is 2.37. The Balaban J connectivity index is 2.17. The van der Waals surface area contributed by atoms with Crippen LogP contribution >= 0.6 is 0 Å². The number of nitrogens with zero attached hydrogens (tertiary/aromatic N) is 1. The van der Waals surface area contributed by atoms with E-state index in [2.05, 4.69) is 23.9 Å². The molecule has 1 heterocycles. The largest absolute Gasteiger partial charge is 0.294 e. The Morgan fingerprint density at radius 2 is 2.08 bits per heavy atom. The van der Waals surface area contributed by atoms with Gasteiger partial charge in [-0.25, -0.2) is 4.58 Å². The summed E-state index contributed by atoms with van der Waals surface area (Å²) in [5.41, 5.74) is 2.66. The van der Waals surface area contributed by atoms with Crippen LogP contribution in [0.2, 0.25) is 0 Å². The molecule has 1 aliphatic heterocycles. The minimum atomic E-state index is -4.19. The highest BCUT2D eigenvalue weighted by molar-refractivity contribution is 7.85. The van der Waals surface area contributed by atoms with Gasteiger partial charge < -0.3 is 0 Å². The fourth-order valence-electron chi connectivity index (χ4n) is 2.92. The summed E-state index contributed by atoms with van der Waals surface area (Å²) in [5.74, 6) is 0. The number of allylic oxidation sites excluding steroid dienone is 4. The van der Waals surface area contributed by atoms with Crippen molar-refractivity contribution >= 4 is 22.0 Å². The highest BCUT2D eigenvalue weighted by atomic mass is 32.2. The van der Waals surface area contributed by atoms with E-state index in [0.717, 1.165) is 36.2 Å². The van der Waals surface area contributed by atoms with Crippen LogP contribution in [0, 0.1) is 0 Å². The standard InChI is InChI=1S/C19H23NO3S/c1-5-6-8-15(2)9-7-12-20-14-19(3,4)17-13-16(24(21,22)23)10-11-18(17)20/h5-6,8,10-11,13-14H,1-2,7,9,12H2,3-4H3/p+1. The maximum Gasteiger partial charge on any atom is 0.294 e. The highest BCUT2D eigenvalue weighted by Gasteiger charge is 2.37. The van der Waals surface area contributed by atoms with Crippen molar-refractivity contribution in [1.29, 1.82) is 0 Å². The number of hydrogen-bond donors (Lipinski definition) is 1. The predicted molar refractivity (Wildman–Crippen MR) is 97.8 cm³/mol. The third kappa shape index (κ3) is 4.10. The van der Waals surface area contributed by atoms with Gasteiger partial charge in [-0.3, -0.25) is 4.55 Å². The summed E-state index contributed by atoms with van der Waals surface area (Å²) in [6.45, 7) is 12.5. The third-order valence-corrected chi connectivity index (χ3v) is 4.96. The van der Waals surface area contributed by atoms with Crippen molar-refractivity contribution in [2.45, 2.75) is 37.0 Å². The summed E-state index contributed by atoms with van der Waals surface area (Å²) in [5, 5.41) is 0. The summed E-state index contributed by atoms with van der Waals surface area (Å²) in [6.07, 6.45) is 9.48. The molecule has 128 valence electrons. The molecule has 5 heteroatoms. The Labute approximate surface area is 144 Å². The van der Waals surface area contributed by atoms with Crippen LogP contribution in [0.4, 0.5) is 5.69 Å². The first-order valence-corrected chi connectivity index (χ1v) is 9.31. The molecular weight excluding hydrogens is 322 g/mol. The van der Waals surface area contributed by atoms with Gasteiger partial charge in [0, 0.05) is 18.1 Å². The molecule has 1 aliphatic rings. The van der Waals surface area contributed by atoms with Gasteiger partial charge >= 0.3 is 0 Å². The van der Waals surface area contributed by atoms with E-state index in [9.17, 15) is 13.0 Å². The SMILES string of the molecule is C=CC=CC(=C)CCC[N+]1=CC(C)(C)c2cc(S(=O)(=O)O)ccc21. The molecule has 0 bridgehead atoms. The van der Waals surface area contributed by atoms with Crippen LogP contribution in [-0.4, -0.2) is 30.3 Å².